The highest BCUT2D eigenvalue weighted by molar-refractivity contribution is 7.98. The molecule has 0 aliphatic carbocycles. The van der Waals surface area contributed by atoms with Crippen LogP contribution in [0, 0.1) is 10.1 Å². The number of imidazole rings is 1. The monoisotopic (exact) mass is 407 g/mol. The largest absolute Gasteiger partial charge is 0.319 e. The number of nitro benzene ring substituents is 1. The second-order valence-corrected chi connectivity index (χ2v) is 7.60. The molecule has 8 heteroatoms. The Balaban J connectivity index is 1.79. The molecule has 26 heavy (non-hydrogen) atoms. The lowest BCUT2D eigenvalue weighted by Crippen LogP contribution is -2.09. The molecule has 0 radical (unpaired) electrons. The molecular weight excluding hydrogens is 393 g/mol. The van der Waals surface area contributed by atoms with Crippen LogP contribution in [0.2, 0.25) is 5.02 Å². The fourth-order valence-corrected chi connectivity index (χ4v) is 4.28. The van der Waals surface area contributed by atoms with E-state index in [2.05, 4.69) is 4.98 Å². The van der Waals surface area contributed by atoms with Crippen LogP contribution in [-0.2, 0) is 5.75 Å². The molecule has 5 nitrogen and oxygen atoms in total. The molecule has 2 aromatic carbocycles. The molecule has 2 unspecified atom stereocenters. The summed E-state index contributed by atoms with van der Waals surface area (Å²) >= 11 is 14.4. The van der Waals surface area contributed by atoms with Crippen LogP contribution in [0.4, 0.5) is 5.69 Å². The van der Waals surface area contributed by atoms with Crippen molar-refractivity contribution in [2.75, 3.05) is 0 Å². The van der Waals surface area contributed by atoms with Crippen molar-refractivity contribution in [1.29, 1.82) is 0 Å². The van der Waals surface area contributed by atoms with Crippen molar-refractivity contribution in [3.8, 4) is 0 Å². The predicted molar refractivity (Wildman–Crippen MR) is 106 cm³/mol. The first kappa shape index (κ1) is 18.8. The van der Waals surface area contributed by atoms with E-state index < -0.39 is 4.92 Å². The second kappa shape index (κ2) is 8.58. The number of rotatable bonds is 7. The molecular formula is C18H15Cl2N3O2S. The van der Waals surface area contributed by atoms with Crippen LogP contribution in [0.5, 0.6) is 0 Å². The number of hydrogen-bond donors (Lipinski definition) is 0. The van der Waals surface area contributed by atoms with Crippen LogP contribution >= 0.6 is 35.0 Å². The Morgan fingerprint density at radius 3 is 2.42 bits per heavy atom. The van der Waals surface area contributed by atoms with E-state index in [0.29, 0.717) is 10.8 Å². The Hall–Kier alpha value is -2.02. The molecule has 0 saturated carbocycles. The number of hydrogen-bond acceptors (Lipinski definition) is 4. The fraction of sp³-hybridized carbons (Fsp3) is 0.167. The van der Waals surface area contributed by atoms with Crippen molar-refractivity contribution < 1.29 is 4.92 Å². The Kier molecular flexibility index (Phi) is 6.19. The van der Waals surface area contributed by atoms with Gasteiger partial charge in [-0.25, -0.2) is 4.98 Å². The van der Waals surface area contributed by atoms with Gasteiger partial charge >= 0.3 is 0 Å². The van der Waals surface area contributed by atoms with Gasteiger partial charge in [-0.3, -0.25) is 10.1 Å². The van der Waals surface area contributed by atoms with Crippen molar-refractivity contribution in [3.05, 3.63) is 93.5 Å². The number of benzene rings is 2. The maximum Gasteiger partial charge on any atom is 0.269 e. The fourth-order valence-electron chi connectivity index (χ4n) is 2.46. The Morgan fingerprint density at radius 2 is 1.85 bits per heavy atom. The summed E-state index contributed by atoms with van der Waals surface area (Å²) in [4.78, 5) is 14.4. The van der Waals surface area contributed by atoms with E-state index in [-0.39, 0.29) is 16.4 Å². The highest BCUT2D eigenvalue weighted by Gasteiger charge is 2.23. The lowest BCUT2D eigenvalue weighted by atomic mass is 10.1. The number of alkyl halides is 1. The number of aromatic nitrogens is 2. The average Bonchev–Trinajstić information content (AvgIpc) is 3.18. The molecule has 0 bridgehead atoms. The summed E-state index contributed by atoms with van der Waals surface area (Å²) in [5, 5.41) is 11.4. The molecule has 0 fully saturated rings. The molecule has 0 amide bonds. The average molecular weight is 408 g/mol. The molecule has 1 heterocycles. The van der Waals surface area contributed by atoms with Gasteiger partial charge in [0.15, 0.2) is 0 Å². The van der Waals surface area contributed by atoms with Gasteiger partial charge in [0.1, 0.15) is 5.50 Å². The topological polar surface area (TPSA) is 61.0 Å². The molecule has 134 valence electrons. The van der Waals surface area contributed by atoms with Gasteiger partial charge in [0.25, 0.3) is 5.69 Å². The summed E-state index contributed by atoms with van der Waals surface area (Å²) in [6.45, 7) is 0. The van der Waals surface area contributed by atoms with Crippen LogP contribution in [-0.4, -0.2) is 14.5 Å². The summed E-state index contributed by atoms with van der Waals surface area (Å²) in [6.07, 6.45) is 5.20. The minimum absolute atomic E-state index is 0.0432. The summed E-state index contributed by atoms with van der Waals surface area (Å²) in [6, 6.07) is 14.2. The molecule has 0 aliphatic rings. The minimum Gasteiger partial charge on any atom is -0.319 e. The van der Waals surface area contributed by atoms with Gasteiger partial charge in [-0.2, -0.15) is 0 Å². The van der Waals surface area contributed by atoms with E-state index >= 15 is 0 Å². The van der Waals surface area contributed by atoms with Crippen molar-refractivity contribution in [1.82, 2.24) is 9.55 Å². The Bertz CT molecular complexity index is 855. The summed E-state index contributed by atoms with van der Waals surface area (Å²) in [7, 11) is 0. The van der Waals surface area contributed by atoms with Gasteiger partial charge in [0.2, 0.25) is 0 Å². The maximum atomic E-state index is 10.8. The number of halogens is 2. The van der Waals surface area contributed by atoms with E-state index in [4.69, 9.17) is 23.2 Å². The third kappa shape index (κ3) is 4.58. The molecule has 2 atom stereocenters. The van der Waals surface area contributed by atoms with Gasteiger partial charge in [-0.15, -0.1) is 11.8 Å². The van der Waals surface area contributed by atoms with Crippen LogP contribution in [0.15, 0.2) is 67.3 Å². The van der Waals surface area contributed by atoms with Crippen LogP contribution in [0.25, 0.3) is 0 Å². The summed E-state index contributed by atoms with van der Waals surface area (Å²) in [5.41, 5.74) is 1.80. The van der Waals surface area contributed by atoms with E-state index in [1.165, 1.54) is 12.1 Å². The number of nitrogens with zero attached hydrogens (tertiary/aromatic N) is 3. The quantitative estimate of drug-likeness (QED) is 0.279. The number of non-ortho nitro benzene ring substituents is 1. The Labute approximate surface area is 165 Å². The smallest absolute Gasteiger partial charge is 0.269 e. The van der Waals surface area contributed by atoms with Gasteiger partial charge in [-0.1, -0.05) is 47.5 Å². The number of thioether (sulfide) groups is 1. The SMILES string of the molecule is O=[N+]([O-])c1ccc(CSC(c2ccc(Cl)cc2)C(Cl)n2ccnc2)cc1. The van der Waals surface area contributed by atoms with E-state index in [1.807, 2.05) is 35.0 Å². The molecule has 3 aromatic rings. The zero-order valence-corrected chi connectivity index (χ0v) is 15.9. The third-order valence-electron chi connectivity index (χ3n) is 3.83. The predicted octanol–water partition coefficient (Wildman–Crippen LogP) is 5.86. The molecule has 0 saturated heterocycles. The van der Waals surface area contributed by atoms with Gasteiger partial charge in [0, 0.05) is 35.3 Å². The first-order valence-electron chi connectivity index (χ1n) is 7.76. The number of nitro groups is 1. The van der Waals surface area contributed by atoms with Gasteiger partial charge in [0.05, 0.1) is 16.5 Å². The molecule has 1 aromatic heterocycles. The lowest BCUT2D eigenvalue weighted by molar-refractivity contribution is -0.384. The van der Waals surface area contributed by atoms with Crippen molar-refractivity contribution in [2.45, 2.75) is 16.5 Å². The summed E-state index contributed by atoms with van der Waals surface area (Å²) in [5.74, 6) is 0.670. The lowest BCUT2D eigenvalue weighted by Gasteiger charge is -2.23. The second-order valence-electron chi connectivity index (χ2n) is 5.59. The molecule has 0 spiro atoms. The highest BCUT2D eigenvalue weighted by Crippen LogP contribution is 2.43. The molecule has 0 aliphatic heterocycles. The minimum atomic E-state index is -0.402. The van der Waals surface area contributed by atoms with E-state index in [1.54, 1.807) is 36.4 Å². The van der Waals surface area contributed by atoms with Crippen molar-refractivity contribution >= 4 is 40.7 Å². The first-order valence-corrected chi connectivity index (χ1v) is 9.63. The van der Waals surface area contributed by atoms with Crippen molar-refractivity contribution in [2.24, 2.45) is 0 Å². The first-order chi connectivity index (χ1) is 12.5. The van der Waals surface area contributed by atoms with E-state index in [0.717, 1.165) is 11.1 Å². The van der Waals surface area contributed by atoms with Crippen LogP contribution in [0.1, 0.15) is 21.9 Å². The molecule has 3 rings (SSSR count). The van der Waals surface area contributed by atoms with Crippen LogP contribution < -0.4 is 0 Å². The summed E-state index contributed by atoms with van der Waals surface area (Å²) < 4.78 is 1.85. The molecule has 0 N–H and O–H groups in total. The highest BCUT2D eigenvalue weighted by atomic mass is 35.5. The van der Waals surface area contributed by atoms with E-state index in [9.17, 15) is 10.1 Å². The Morgan fingerprint density at radius 1 is 1.15 bits per heavy atom. The van der Waals surface area contributed by atoms with Crippen molar-refractivity contribution in [3.63, 3.8) is 0 Å². The standard InChI is InChI=1S/C18H15Cl2N3O2S/c19-15-5-3-14(4-6-15)17(18(20)22-10-9-21-12-22)26-11-13-1-7-16(8-2-13)23(24)25/h1-10,12,17-18H,11H2. The normalized spacial score (nSPS) is 13.3. The van der Waals surface area contributed by atoms with Gasteiger partial charge < -0.3 is 4.57 Å². The van der Waals surface area contributed by atoms with Gasteiger partial charge in [-0.05, 0) is 23.3 Å². The zero-order valence-electron chi connectivity index (χ0n) is 13.5. The van der Waals surface area contributed by atoms with Crippen LogP contribution in [0.3, 0.4) is 0 Å². The third-order valence-corrected chi connectivity index (χ3v) is 6.10. The maximum absolute atomic E-state index is 10.8. The zero-order chi connectivity index (χ0) is 18.5.